The first kappa shape index (κ1) is 24.8. The van der Waals surface area contributed by atoms with Crippen LogP contribution in [0.2, 0.25) is 0 Å². The molecule has 0 unspecified atom stereocenters. The van der Waals surface area contributed by atoms with Crippen LogP contribution < -0.4 is 15.0 Å². The molecule has 1 N–H and O–H groups in total. The number of aromatic nitrogens is 3. The van der Waals surface area contributed by atoms with Crippen molar-refractivity contribution in [3.05, 3.63) is 23.3 Å². The molecule has 3 aliphatic rings. The second kappa shape index (κ2) is 9.91. The average molecular weight is 497 g/mol. The first-order valence-corrected chi connectivity index (χ1v) is 12.8. The zero-order chi connectivity index (χ0) is 25.4. The van der Waals surface area contributed by atoms with Crippen LogP contribution in [0.15, 0.2) is 11.8 Å². The highest BCUT2D eigenvalue weighted by atomic mass is 19.1. The molecule has 7 nitrogen and oxygen atoms in total. The van der Waals surface area contributed by atoms with Crippen molar-refractivity contribution in [1.29, 1.82) is 0 Å². The summed E-state index contributed by atoms with van der Waals surface area (Å²) in [5, 5.41) is 3.80. The van der Waals surface area contributed by atoms with Gasteiger partial charge in [-0.1, -0.05) is 12.5 Å². The minimum Gasteiger partial charge on any atom is -0.461 e. The number of likely N-dealkylation sites (N-methyl/N-ethyl adjacent to an activating group) is 1. The Bertz CT molecular complexity index is 1220. The smallest absolute Gasteiger partial charge is 0.317 e. The van der Waals surface area contributed by atoms with Gasteiger partial charge in [0.25, 0.3) is 0 Å². The molecule has 0 saturated carbocycles. The van der Waals surface area contributed by atoms with Gasteiger partial charge in [0, 0.05) is 45.7 Å². The van der Waals surface area contributed by atoms with E-state index in [4.69, 9.17) is 16.1 Å². The lowest BCUT2D eigenvalue weighted by molar-refractivity contribution is 0.107. The van der Waals surface area contributed by atoms with E-state index in [9.17, 15) is 4.39 Å². The van der Waals surface area contributed by atoms with E-state index >= 15 is 4.39 Å². The minimum atomic E-state index is -0.845. The monoisotopic (exact) mass is 496 g/mol. The Morgan fingerprint density at radius 3 is 2.89 bits per heavy atom. The SMILES string of the molecule is C#CC/C(CC)=C(/C)c1nc(N(C)C2CNC2)c2cnc(OC[C@@]34CCCN3C[C@H](F)C4)nc2c1F. The van der Waals surface area contributed by atoms with Crippen molar-refractivity contribution in [3.63, 3.8) is 0 Å². The standard InChI is InChI=1S/C27H34F2N6O/c1-5-8-18(6-2)17(3)23-22(29)24-21(25(32-23)34(4)20-12-30-13-20)14-31-26(33-24)36-16-27-9-7-10-35(27)15-19(28)11-27/h1,14,19-20,30H,6-13,15-16H2,2-4H3/b18-17-/t19-,27+/m1/s1. The number of fused-ring (bicyclic) bond motifs is 2. The lowest BCUT2D eigenvalue weighted by Gasteiger charge is -2.37. The topological polar surface area (TPSA) is 66.4 Å². The number of anilines is 1. The van der Waals surface area contributed by atoms with Crippen LogP contribution in [-0.4, -0.2) is 77.4 Å². The highest BCUT2D eigenvalue weighted by Gasteiger charge is 2.49. The Balaban J connectivity index is 1.55. The molecule has 0 aliphatic carbocycles. The van der Waals surface area contributed by atoms with E-state index in [1.807, 2.05) is 20.9 Å². The fraction of sp³-hybridized carbons (Fsp3) is 0.593. The summed E-state index contributed by atoms with van der Waals surface area (Å²) in [4.78, 5) is 17.9. The third-order valence-corrected chi connectivity index (χ3v) is 8.14. The molecule has 5 heterocycles. The van der Waals surface area contributed by atoms with Crippen LogP contribution in [0.4, 0.5) is 14.6 Å². The Morgan fingerprint density at radius 1 is 1.39 bits per heavy atom. The van der Waals surface area contributed by atoms with E-state index in [0.29, 0.717) is 43.6 Å². The van der Waals surface area contributed by atoms with E-state index in [2.05, 4.69) is 31.0 Å². The van der Waals surface area contributed by atoms with Crippen LogP contribution in [0.3, 0.4) is 0 Å². The number of nitrogens with zero attached hydrogens (tertiary/aromatic N) is 5. The number of nitrogens with one attached hydrogen (secondary N) is 1. The number of hydrogen-bond acceptors (Lipinski definition) is 7. The van der Waals surface area contributed by atoms with E-state index in [-0.39, 0.29) is 28.8 Å². The van der Waals surface area contributed by atoms with Crippen molar-refractivity contribution in [2.24, 2.45) is 0 Å². The maximum absolute atomic E-state index is 16.0. The van der Waals surface area contributed by atoms with Crippen molar-refractivity contribution in [3.8, 4) is 18.4 Å². The lowest BCUT2D eigenvalue weighted by Crippen LogP contribution is -2.56. The molecule has 192 valence electrons. The number of terminal acetylenes is 1. The van der Waals surface area contributed by atoms with Crippen molar-refractivity contribution < 1.29 is 13.5 Å². The molecular formula is C27H34F2N6O. The van der Waals surface area contributed by atoms with Gasteiger partial charge < -0.3 is 15.0 Å². The van der Waals surface area contributed by atoms with E-state index in [1.54, 1.807) is 6.20 Å². The molecule has 9 heteroatoms. The normalized spacial score (nSPS) is 24.8. The molecule has 0 spiro atoms. The third kappa shape index (κ3) is 4.31. The number of ether oxygens (including phenoxy) is 1. The van der Waals surface area contributed by atoms with Crippen LogP contribution in [-0.2, 0) is 0 Å². The molecule has 5 rings (SSSR count). The number of halogens is 2. The van der Waals surface area contributed by atoms with Crippen LogP contribution in [0, 0.1) is 18.2 Å². The quantitative estimate of drug-likeness (QED) is 0.559. The van der Waals surface area contributed by atoms with Gasteiger partial charge in [-0.05, 0) is 38.3 Å². The predicted molar refractivity (Wildman–Crippen MR) is 137 cm³/mol. The summed E-state index contributed by atoms with van der Waals surface area (Å²) in [6.07, 6.45) is 9.81. The summed E-state index contributed by atoms with van der Waals surface area (Å²) in [5.74, 6) is 2.79. The zero-order valence-corrected chi connectivity index (χ0v) is 21.3. The molecule has 3 saturated heterocycles. The number of rotatable bonds is 8. The molecule has 2 aromatic heterocycles. The van der Waals surface area contributed by atoms with Crippen LogP contribution in [0.25, 0.3) is 16.5 Å². The van der Waals surface area contributed by atoms with Gasteiger partial charge in [0.1, 0.15) is 29.8 Å². The maximum atomic E-state index is 16.0. The van der Waals surface area contributed by atoms with Crippen molar-refractivity contribution in [1.82, 2.24) is 25.2 Å². The molecule has 0 aromatic carbocycles. The Kier molecular flexibility index (Phi) is 6.84. The second-order valence-corrected chi connectivity index (χ2v) is 10.3. The van der Waals surface area contributed by atoms with Crippen LogP contribution >= 0.6 is 0 Å². The molecule has 3 aliphatic heterocycles. The molecule has 0 radical (unpaired) electrons. The van der Waals surface area contributed by atoms with Gasteiger partial charge in [-0.3, -0.25) is 4.90 Å². The summed E-state index contributed by atoms with van der Waals surface area (Å²) in [6, 6.07) is 0.348. The minimum absolute atomic E-state index is 0.0990. The number of hydrogen-bond donors (Lipinski definition) is 1. The van der Waals surface area contributed by atoms with Crippen LogP contribution in [0.5, 0.6) is 6.01 Å². The molecule has 0 bridgehead atoms. The molecule has 2 atom stereocenters. The molecule has 3 fully saturated rings. The largest absolute Gasteiger partial charge is 0.461 e. The van der Waals surface area contributed by atoms with Gasteiger partial charge in [0.05, 0.1) is 17.0 Å². The summed E-state index contributed by atoms with van der Waals surface area (Å²) < 4.78 is 36.2. The number of pyridine rings is 1. The summed E-state index contributed by atoms with van der Waals surface area (Å²) in [5.41, 5.74) is 1.80. The van der Waals surface area contributed by atoms with E-state index < -0.39 is 12.0 Å². The average Bonchev–Trinajstić information content (AvgIpc) is 3.35. The van der Waals surface area contributed by atoms with Crippen molar-refractivity contribution in [2.45, 2.75) is 63.7 Å². The molecule has 36 heavy (non-hydrogen) atoms. The summed E-state index contributed by atoms with van der Waals surface area (Å²) >= 11 is 0. The van der Waals surface area contributed by atoms with Gasteiger partial charge in [0.2, 0.25) is 0 Å². The maximum Gasteiger partial charge on any atom is 0.317 e. The van der Waals surface area contributed by atoms with Gasteiger partial charge in [-0.25, -0.2) is 18.7 Å². The third-order valence-electron chi connectivity index (χ3n) is 8.14. The first-order valence-electron chi connectivity index (χ1n) is 12.8. The van der Waals surface area contributed by atoms with Crippen molar-refractivity contribution >= 4 is 22.3 Å². The first-order chi connectivity index (χ1) is 17.4. The second-order valence-electron chi connectivity index (χ2n) is 10.3. The van der Waals surface area contributed by atoms with Crippen molar-refractivity contribution in [2.75, 3.05) is 44.7 Å². The van der Waals surface area contributed by atoms with Gasteiger partial charge in [-0.2, -0.15) is 4.98 Å². The highest BCUT2D eigenvalue weighted by molar-refractivity contribution is 5.92. The highest BCUT2D eigenvalue weighted by Crippen LogP contribution is 2.40. The Labute approximate surface area is 211 Å². The van der Waals surface area contributed by atoms with Gasteiger partial charge in [0.15, 0.2) is 5.82 Å². The fourth-order valence-corrected chi connectivity index (χ4v) is 5.79. The van der Waals surface area contributed by atoms with Gasteiger partial charge >= 0.3 is 6.01 Å². The Morgan fingerprint density at radius 2 is 2.19 bits per heavy atom. The zero-order valence-electron chi connectivity index (χ0n) is 21.3. The lowest BCUT2D eigenvalue weighted by atomic mass is 9.95. The number of alkyl halides is 1. The summed E-state index contributed by atoms with van der Waals surface area (Å²) in [6.45, 7) is 7.14. The number of allylic oxidation sites excluding steroid dienone is 2. The summed E-state index contributed by atoms with van der Waals surface area (Å²) in [7, 11) is 1.96. The molecule has 2 aromatic rings. The predicted octanol–water partition coefficient (Wildman–Crippen LogP) is 3.73. The van der Waals surface area contributed by atoms with E-state index in [0.717, 1.165) is 43.6 Å². The molecular weight excluding hydrogens is 462 g/mol. The fourth-order valence-electron chi connectivity index (χ4n) is 5.79. The van der Waals surface area contributed by atoms with Crippen LogP contribution in [0.1, 0.15) is 51.6 Å². The van der Waals surface area contributed by atoms with E-state index in [1.165, 1.54) is 0 Å². The molecule has 0 amide bonds. The van der Waals surface area contributed by atoms with Gasteiger partial charge in [-0.15, -0.1) is 12.3 Å². The Hall–Kier alpha value is -2.83.